The van der Waals surface area contributed by atoms with Crippen molar-refractivity contribution in [2.24, 2.45) is 0 Å². The van der Waals surface area contributed by atoms with Crippen LogP contribution in [0.3, 0.4) is 0 Å². The van der Waals surface area contributed by atoms with Gasteiger partial charge in [-0.1, -0.05) is 12.1 Å². The smallest absolute Gasteiger partial charge is 0.234 e. The molecule has 2 N–H and O–H groups in total. The van der Waals surface area contributed by atoms with E-state index in [0.717, 1.165) is 11.3 Å². The molecule has 0 saturated carbocycles. The molecule has 0 spiro atoms. The minimum Gasteiger partial charge on any atom is -0.355 e. The molecular weight excluding hydrogens is 274 g/mol. The number of nitrogens with zero attached hydrogens (tertiary/aromatic N) is 1. The van der Waals surface area contributed by atoms with E-state index >= 15 is 0 Å². The first kappa shape index (κ1) is 14.4. The lowest BCUT2D eigenvalue weighted by molar-refractivity contribution is -0.119. The number of anilines is 1. The summed E-state index contributed by atoms with van der Waals surface area (Å²) in [6.45, 7) is 0.647. The van der Waals surface area contributed by atoms with Gasteiger partial charge in [0.05, 0.1) is 17.6 Å². The zero-order chi connectivity index (χ0) is 14.4. The van der Waals surface area contributed by atoms with Crippen molar-refractivity contribution >= 4 is 29.3 Å². The van der Waals surface area contributed by atoms with Gasteiger partial charge in [0.1, 0.15) is 0 Å². The van der Waals surface area contributed by atoms with Gasteiger partial charge in [-0.3, -0.25) is 9.59 Å². The number of benzene rings is 1. The number of rotatable bonds is 5. The predicted octanol–water partition coefficient (Wildman–Crippen LogP) is 1.49. The monoisotopic (exact) mass is 289 g/mol. The fraction of sp³-hybridized carbons (Fsp3) is 0.357. The Morgan fingerprint density at radius 3 is 3.10 bits per heavy atom. The molecule has 1 aliphatic rings. The van der Waals surface area contributed by atoms with Crippen LogP contribution in [0, 0.1) is 11.3 Å². The highest BCUT2D eigenvalue weighted by molar-refractivity contribution is 8.00. The molecule has 1 atom stereocenters. The maximum absolute atomic E-state index is 11.7. The Morgan fingerprint density at radius 1 is 1.55 bits per heavy atom. The van der Waals surface area contributed by atoms with Crippen LogP contribution in [-0.4, -0.2) is 29.9 Å². The Bertz CT molecular complexity index is 554. The van der Waals surface area contributed by atoms with E-state index in [1.54, 1.807) is 0 Å². The van der Waals surface area contributed by atoms with Crippen LogP contribution in [0.1, 0.15) is 17.9 Å². The Balaban J connectivity index is 1.94. The zero-order valence-electron chi connectivity index (χ0n) is 10.9. The van der Waals surface area contributed by atoms with Gasteiger partial charge in [0.15, 0.2) is 0 Å². The molecule has 2 rings (SSSR count). The van der Waals surface area contributed by atoms with Crippen molar-refractivity contribution in [3.8, 4) is 6.07 Å². The molecule has 0 bridgehead atoms. The maximum atomic E-state index is 11.7. The summed E-state index contributed by atoms with van der Waals surface area (Å²) in [7, 11) is 0. The van der Waals surface area contributed by atoms with Crippen LogP contribution in [0.2, 0.25) is 0 Å². The fourth-order valence-corrected chi connectivity index (χ4v) is 2.55. The number of nitriles is 1. The van der Waals surface area contributed by atoms with E-state index in [9.17, 15) is 9.59 Å². The van der Waals surface area contributed by atoms with Gasteiger partial charge in [0, 0.05) is 24.6 Å². The van der Waals surface area contributed by atoms with Gasteiger partial charge in [-0.05, 0) is 17.7 Å². The van der Waals surface area contributed by atoms with Gasteiger partial charge in [0.2, 0.25) is 11.8 Å². The van der Waals surface area contributed by atoms with Crippen LogP contribution in [-0.2, 0) is 9.59 Å². The quantitative estimate of drug-likeness (QED) is 0.805. The molecule has 1 fully saturated rings. The van der Waals surface area contributed by atoms with Crippen LogP contribution < -0.4 is 10.6 Å². The molecule has 1 aromatic rings. The van der Waals surface area contributed by atoms with Gasteiger partial charge >= 0.3 is 0 Å². The minimum atomic E-state index is -0.122. The summed E-state index contributed by atoms with van der Waals surface area (Å²) in [6, 6.07) is 9.54. The third-order valence-electron chi connectivity index (χ3n) is 3.02. The lowest BCUT2D eigenvalue weighted by Crippen LogP contribution is -2.15. The number of hydrogen-bond donors (Lipinski definition) is 2. The molecule has 1 saturated heterocycles. The van der Waals surface area contributed by atoms with Gasteiger partial charge in [-0.25, -0.2) is 0 Å². The molecule has 1 aromatic carbocycles. The third kappa shape index (κ3) is 4.00. The van der Waals surface area contributed by atoms with E-state index in [1.165, 1.54) is 11.8 Å². The van der Waals surface area contributed by atoms with Crippen LogP contribution in [0.4, 0.5) is 5.69 Å². The fourth-order valence-electron chi connectivity index (χ4n) is 2.10. The summed E-state index contributed by atoms with van der Waals surface area (Å²) in [5, 5.41) is 14.0. The Hall–Kier alpha value is -2.00. The van der Waals surface area contributed by atoms with Crippen molar-refractivity contribution in [2.45, 2.75) is 12.3 Å². The zero-order valence-corrected chi connectivity index (χ0v) is 11.7. The number of carbonyl (C=O) groups excluding carboxylic acids is 2. The molecule has 1 aliphatic heterocycles. The molecular formula is C14H15N3O2S. The average Bonchev–Trinajstić information content (AvgIpc) is 2.86. The van der Waals surface area contributed by atoms with E-state index in [4.69, 9.17) is 5.26 Å². The summed E-state index contributed by atoms with van der Waals surface area (Å²) >= 11 is 1.28. The maximum Gasteiger partial charge on any atom is 0.234 e. The molecule has 0 aromatic heterocycles. The Kier molecular flexibility index (Phi) is 5.02. The molecule has 2 amide bonds. The van der Waals surface area contributed by atoms with E-state index in [1.807, 2.05) is 30.3 Å². The summed E-state index contributed by atoms with van der Waals surface area (Å²) in [5.41, 5.74) is 1.77. The lowest BCUT2D eigenvalue weighted by Gasteiger charge is -2.10. The van der Waals surface area contributed by atoms with Crippen molar-refractivity contribution < 1.29 is 9.59 Å². The standard InChI is InChI=1S/C14H15N3O2S/c15-4-5-20-9-14(19)17-12-3-1-2-10(6-12)11-7-13(18)16-8-11/h1-3,6,11H,5,7-9H2,(H,16,18)(H,17,19). The largest absolute Gasteiger partial charge is 0.355 e. The average molecular weight is 289 g/mol. The highest BCUT2D eigenvalue weighted by Gasteiger charge is 2.23. The summed E-state index contributed by atoms with van der Waals surface area (Å²) in [5.74, 6) is 0.692. The summed E-state index contributed by atoms with van der Waals surface area (Å²) in [6.07, 6.45) is 0.495. The minimum absolute atomic E-state index is 0.0670. The third-order valence-corrected chi connectivity index (χ3v) is 3.82. The molecule has 1 heterocycles. The topological polar surface area (TPSA) is 82.0 Å². The van der Waals surface area contributed by atoms with Gasteiger partial charge in [-0.2, -0.15) is 5.26 Å². The highest BCUT2D eigenvalue weighted by atomic mass is 32.2. The first-order valence-electron chi connectivity index (χ1n) is 6.30. The van der Waals surface area contributed by atoms with E-state index in [2.05, 4.69) is 10.6 Å². The van der Waals surface area contributed by atoms with Crippen molar-refractivity contribution in [3.63, 3.8) is 0 Å². The number of carbonyl (C=O) groups is 2. The van der Waals surface area contributed by atoms with E-state index < -0.39 is 0 Å². The summed E-state index contributed by atoms with van der Waals surface area (Å²) in [4.78, 5) is 22.9. The first-order chi connectivity index (χ1) is 9.69. The number of hydrogen-bond acceptors (Lipinski definition) is 4. The van der Waals surface area contributed by atoms with Crippen molar-refractivity contribution in [1.82, 2.24) is 5.32 Å². The number of thioether (sulfide) groups is 1. The van der Waals surface area contributed by atoms with Crippen molar-refractivity contribution in [3.05, 3.63) is 29.8 Å². The van der Waals surface area contributed by atoms with Crippen LogP contribution >= 0.6 is 11.8 Å². The van der Waals surface area contributed by atoms with Crippen LogP contribution in [0.15, 0.2) is 24.3 Å². The Morgan fingerprint density at radius 2 is 2.40 bits per heavy atom. The van der Waals surface area contributed by atoms with E-state index in [-0.39, 0.29) is 23.5 Å². The van der Waals surface area contributed by atoms with Gasteiger partial charge < -0.3 is 10.6 Å². The SMILES string of the molecule is N#CCSCC(=O)Nc1cccc(C2CNC(=O)C2)c1. The van der Waals surface area contributed by atoms with Gasteiger partial charge in [0.25, 0.3) is 0 Å². The molecule has 6 heteroatoms. The number of nitrogens with one attached hydrogen (secondary N) is 2. The van der Waals surface area contributed by atoms with Gasteiger partial charge in [-0.15, -0.1) is 11.8 Å². The second-order valence-corrected chi connectivity index (χ2v) is 5.52. The predicted molar refractivity (Wildman–Crippen MR) is 78.4 cm³/mol. The summed E-state index contributed by atoms with van der Waals surface area (Å²) < 4.78 is 0. The normalized spacial score (nSPS) is 17.4. The molecule has 5 nitrogen and oxygen atoms in total. The van der Waals surface area contributed by atoms with Crippen LogP contribution in [0.5, 0.6) is 0 Å². The molecule has 20 heavy (non-hydrogen) atoms. The molecule has 1 unspecified atom stereocenters. The highest BCUT2D eigenvalue weighted by Crippen LogP contribution is 2.25. The second-order valence-electron chi connectivity index (χ2n) is 4.53. The second kappa shape index (κ2) is 6.96. The first-order valence-corrected chi connectivity index (χ1v) is 7.45. The molecule has 0 aliphatic carbocycles. The van der Waals surface area contributed by atoms with Crippen LogP contribution in [0.25, 0.3) is 0 Å². The molecule has 0 radical (unpaired) electrons. The molecule has 104 valence electrons. The van der Waals surface area contributed by atoms with E-state index in [0.29, 0.717) is 18.7 Å². The number of amides is 2. The lowest BCUT2D eigenvalue weighted by atomic mass is 9.98. The van der Waals surface area contributed by atoms with Crippen molar-refractivity contribution in [1.29, 1.82) is 5.26 Å². The Labute approximate surface area is 121 Å². The van der Waals surface area contributed by atoms with Crippen molar-refractivity contribution in [2.75, 3.05) is 23.4 Å².